The Morgan fingerprint density at radius 3 is 2.78 bits per heavy atom. The van der Waals surface area contributed by atoms with Gasteiger partial charge in [0.1, 0.15) is 18.0 Å². The van der Waals surface area contributed by atoms with Crippen LogP contribution in [0.4, 0.5) is 10.2 Å². The molecule has 2 N–H and O–H groups in total. The van der Waals surface area contributed by atoms with Crippen LogP contribution in [0.3, 0.4) is 0 Å². The summed E-state index contributed by atoms with van der Waals surface area (Å²) >= 11 is 0. The fourth-order valence-electron chi connectivity index (χ4n) is 3.15. The first-order valence-corrected chi connectivity index (χ1v) is 8.70. The molecule has 1 unspecified atom stereocenters. The second-order valence-electron chi connectivity index (χ2n) is 6.57. The molecule has 2 heterocycles. The topological polar surface area (TPSA) is 79.3 Å². The van der Waals surface area contributed by atoms with Crippen LogP contribution in [0.25, 0.3) is 10.9 Å². The SMILES string of the molecule is CC1CC(=O)NN=C1c1ccc2c(NCc3ccc(F)cc3)ncnc2c1. The van der Waals surface area contributed by atoms with Crippen molar-refractivity contribution >= 4 is 28.3 Å². The van der Waals surface area contributed by atoms with Gasteiger partial charge in [-0.15, -0.1) is 0 Å². The molecule has 0 saturated carbocycles. The third-order valence-electron chi connectivity index (χ3n) is 4.56. The Balaban J connectivity index is 1.60. The van der Waals surface area contributed by atoms with Crippen LogP contribution in [-0.2, 0) is 11.3 Å². The lowest BCUT2D eigenvalue weighted by atomic mass is 9.93. The van der Waals surface area contributed by atoms with E-state index in [0.717, 1.165) is 27.7 Å². The van der Waals surface area contributed by atoms with E-state index in [0.29, 0.717) is 18.8 Å². The predicted octanol–water partition coefficient (Wildman–Crippen LogP) is 3.24. The van der Waals surface area contributed by atoms with E-state index in [1.54, 1.807) is 12.1 Å². The molecule has 0 bridgehead atoms. The van der Waals surface area contributed by atoms with E-state index in [1.165, 1.54) is 18.5 Å². The molecule has 1 atom stereocenters. The van der Waals surface area contributed by atoms with Gasteiger partial charge in [0.05, 0.1) is 11.2 Å². The number of hydrazone groups is 1. The molecule has 0 saturated heterocycles. The van der Waals surface area contributed by atoms with Gasteiger partial charge in [0, 0.05) is 29.8 Å². The minimum atomic E-state index is -0.255. The van der Waals surface area contributed by atoms with E-state index in [-0.39, 0.29) is 17.6 Å². The monoisotopic (exact) mass is 363 g/mol. The first-order valence-electron chi connectivity index (χ1n) is 8.70. The van der Waals surface area contributed by atoms with Gasteiger partial charge >= 0.3 is 0 Å². The second kappa shape index (κ2) is 7.11. The maximum absolute atomic E-state index is 13.0. The van der Waals surface area contributed by atoms with Gasteiger partial charge in [0.25, 0.3) is 0 Å². The Morgan fingerprint density at radius 2 is 2.00 bits per heavy atom. The Hall–Kier alpha value is -3.35. The smallest absolute Gasteiger partial charge is 0.240 e. The standard InChI is InChI=1S/C20H18FN5O/c1-12-8-18(27)25-26-19(12)14-4-7-16-17(9-14)23-11-24-20(16)22-10-13-2-5-15(21)6-3-13/h2-7,9,11-12H,8,10H2,1H3,(H,25,27)(H,22,23,24). The summed E-state index contributed by atoms with van der Waals surface area (Å²) in [5.41, 5.74) is 6.06. The molecule has 6 nitrogen and oxygen atoms in total. The number of fused-ring (bicyclic) bond motifs is 1. The zero-order valence-electron chi connectivity index (χ0n) is 14.7. The number of halogens is 1. The molecular weight excluding hydrogens is 345 g/mol. The number of rotatable bonds is 4. The first-order chi connectivity index (χ1) is 13.1. The maximum atomic E-state index is 13.0. The van der Waals surface area contributed by atoms with E-state index in [9.17, 15) is 9.18 Å². The van der Waals surface area contributed by atoms with Gasteiger partial charge in [0.15, 0.2) is 0 Å². The highest BCUT2D eigenvalue weighted by Crippen LogP contribution is 2.24. The predicted molar refractivity (Wildman–Crippen MR) is 102 cm³/mol. The van der Waals surface area contributed by atoms with Crippen molar-refractivity contribution in [2.24, 2.45) is 11.0 Å². The van der Waals surface area contributed by atoms with Crippen LogP contribution in [0, 0.1) is 11.7 Å². The Labute approximate surface area is 155 Å². The van der Waals surface area contributed by atoms with E-state index in [1.807, 2.05) is 25.1 Å². The van der Waals surface area contributed by atoms with Crippen LogP contribution in [0.15, 0.2) is 53.9 Å². The number of carbonyl (C=O) groups is 1. The summed E-state index contributed by atoms with van der Waals surface area (Å²) in [5.74, 6) is 0.438. The minimum Gasteiger partial charge on any atom is -0.365 e. The number of anilines is 1. The highest BCUT2D eigenvalue weighted by atomic mass is 19.1. The third kappa shape index (κ3) is 3.62. The fraction of sp³-hybridized carbons (Fsp3) is 0.200. The average Bonchev–Trinajstić information content (AvgIpc) is 2.67. The summed E-state index contributed by atoms with van der Waals surface area (Å²) in [4.78, 5) is 20.1. The third-order valence-corrected chi connectivity index (χ3v) is 4.56. The number of nitrogens with one attached hydrogen (secondary N) is 2. The van der Waals surface area contributed by atoms with Gasteiger partial charge in [-0.2, -0.15) is 5.10 Å². The van der Waals surface area contributed by atoms with Crippen molar-refractivity contribution in [1.29, 1.82) is 0 Å². The Bertz CT molecular complexity index is 1030. The quantitative estimate of drug-likeness (QED) is 0.746. The van der Waals surface area contributed by atoms with Gasteiger partial charge < -0.3 is 5.32 Å². The molecule has 2 aromatic carbocycles. The Kier molecular flexibility index (Phi) is 4.50. The van der Waals surface area contributed by atoms with Crippen LogP contribution >= 0.6 is 0 Å². The number of aromatic nitrogens is 2. The molecule has 0 fully saturated rings. The number of hydrogen-bond donors (Lipinski definition) is 2. The first kappa shape index (κ1) is 17.1. The van der Waals surface area contributed by atoms with Gasteiger partial charge in [0.2, 0.25) is 5.91 Å². The summed E-state index contributed by atoms with van der Waals surface area (Å²) in [5, 5.41) is 8.36. The van der Waals surface area contributed by atoms with Crippen molar-refractivity contribution in [3.8, 4) is 0 Å². The molecule has 27 heavy (non-hydrogen) atoms. The van der Waals surface area contributed by atoms with Gasteiger partial charge in [-0.3, -0.25) is 4.79 Å². The van der Waals surface area contributed by atoms with Crippen LogP contribution in [0.2, 0.25) is 0 Å². The number of benzene rings is 2. The zero-order valence-corrected chi connectivity index (χ0v) is 14.7. The van der Waals surface area contributed by atoms with Crippen molar-refractivity contribution in [2.75, 3.05) is 5.32 Å². The molecule has 7 heteroatoms. The second-order valence-corrected chi connectivity index (χ2v) is 6.57. The van der Waals surface area contributed by atoms with E-state index in [2.05, 4.69) is 25.8 Å². The van der Waals surface area contributed by atoms with Crippen molar-refractivity contribution in [3.63, 3.8) is 0 Å². The molecule has 0 spiro atoms. The molecule has 0 radical (unpaired) electrons. The molecule has 1 amide bonds. The van der Waals surface area contributed by atoms with E-state index >= 15 is 0 Å². The van der Waals surface area contributed by atoms with E-state index in [4.69, 9.17) is 0 Å². The molecular formula is C20H18FN5O. The lowest BCUT2D eigenvalue weighted by Crippen LogP contribution is -2.31. The zero-order chi connectivity index (χ0) is 18.8. The minimum absolute atomic E-state index is 0.0501. The summed E-state index contributed by atoms with van der Waals surface area (Å²) in [6.07, 6.45) is 1.93. The van der Waals surface area contributed by atoms with Crippen molar-refractivity contribution < 1.29 is 9.18 Å². The normalized spacial score (nSPS) is 16.7. The molecule has 0 aliphatic carbocycles. The Morgan fingerprint density at radius 1 is 1.19 bits per heavy atom. The average molecular weight is 363 g/mol. The van der Waals surface area contributed by atoms with Crippen molar-refractivity contribution in [1.82, 2.24) is 15.4 Å². The van der Waals surface area contributed by atoms with Crippen molar-refractivity contribution in [2.45, 2.75) is 19.9 Å². The highest BCUT2D eigenvalue weighted by Gasteiger charge is 2.22. The molecule has 1 aliphatic rings. The van der Waals surface area contributed by atoms with Gasteiger partial charge in [-0.25, -0.2) is 19.8 Å². The number of carbonyl (C=O) groups excluding carboxylic acids is 1. The fourth-order valence-corrected chi connectivity index (χ4v) is 3.15. The van der Waals surface area contributed by atoms with Crippen LogP contribution < -0.4 is 10.7 Å². The largest absolute Gasteiger partial charge is 0.365 e. The number of nitrogens with zero attached hydrogens (tertiary/aromatic N) is 3. The van der Waals surface area contributed by atoms with E-state index < -0.39 is 0 Å². The van der Waals surface area contributed by atoms with Crippen LogP contribution in [0.1, 0.15) is 24.5 Å². The van der Waals surface area contributed by atoms with Gasteiger partial charge in [-0.05, 0) is 29.8 Å². The molecule has 3 aromatic rings. The lowest BCUT2D eigenvalue weighted by Gasteiger charge is -2.19. The summed E-state index contributed by atoms with van der Waals surface area (Å²) in [7, 11) is 0. The molecule has 1 aromatic heterocycles. The summed E-state index contributed by atoms with van der Waals surface area (Å²) in [6.45, 7) is 2.52. The summed E-state index contributed by atoms with van der Waals surface area (Å²) in [6, 6.07) is 12.2. The van der Waals surface area contributed by atoms with Crippen LogP contribution in [0.5, 0.6) is 0 Å². The maximum Gasteiger partial charge on any atom is 0.240 e. The van der Waals surface area contributed by atoms with Crippen LogP contribution in [-0.4, -0.2) is 21.6 Å². The lowest BCUT2D eigenvalue weighted by molar-refractivity contribution is -0.121. The molecule has 1 aliphatic heterocycles. The molecule has 4 rings (SSSR count). The van der Waals surface area contributed by atoms with Crippen molar-refractivity contribution in [3.05, 3.63) is 65.7 Å². The highest BCUT2D eigenvalue weighted by molar-refractivity contribution is 6.07. The number of amides is 1. The summed E-state index contributed by atoms with van der Waals surface area (Å²) < 4.78 is 13.0. The number of hydrogen-bond acceptors (Lipinski definition) is 5. The van der Waals surface area contributed by atoms with Gasteiger partial charge in [-0.1, -0.05) is 25.1 Å². The molecule has 136 valence electrons.